The van der Waals surface area contributed by atoms with Crippen LogP contribution in [-0.2, 0) is 16.6 Å². The fourth-order valence-corrected chi connectivity index (χ4v) is 2.73. The summed E-state index contributed by atoms with van der Waals surface area (Å²) in [5, 5.41) is 9.17. The van der Waals surface area contributed by atoms with Crippen molar-refractivity contribution in [2.75, 3.05) is 4.72 Å². The predicted octanol–water partition coefficient (Wildman–Crippen LogP) is 1.68. The molecule has 1 aromatic carbocycles. The number of hydrogen-bond acceptors (Lipinski definition) is 4. The van der Waals surface area contributed by atoms with Gasteiger partial charge >= 0.3 is 0 Å². The van der Waals surface area contributed by atoms with Crippen molar-refractivity contribution in [2.24, 2.45) is 0 Å². The average Bonchev–Trinajstić information content (AvgIpc) is 2.39. The van der Waals surface area contributed by atoms with E-state index in [1.54, 1.807) is 18.2 Å². The quantitative estimate of drug-likeness (QED) is 0.892. The van der Waals surface area contributed by atoms with Gasteiger partial charge in [-0.1, -0.05) is 6.07 Å². The van der Waals surface area contributed by atoms with Crippen molar-refractivity contribution in [1.82, 2.24) is 4.98 Å². The molecule has 0 spiro atoms. The van der Waals surface area contributed by atoms with Crippen molar-refractivity contribution >= 4 is 15.7 Å². The lowest BCUT2D eigenvalue weighted by Gasteiger charge is -2.10. The second-order valence-electron chi connectivity index (χ2n) is 4.09. The first-order chi connectivity index (χ1) is 9.03. The second-order valence-corrected chi connectivity index (χ2v) is 5.77. The molecule has 0 unspecified atom stereocenters. The Morgan fingerprint density at radius 3 is 2.53 bits per heavy atom. The number of nitrogens with one attached hydrogen (secondary N) is 1. The van der Waals surface area contributed by atoms with E-state index in [-0.39, 0.29) is 11.5 Å². The topological polar surface area (TPSA) is 79.3 Å². The van der Waals surface area contributed by atoms with Crippen LogP contribution in [0.15, 0.2) is 47.6 Å². The van der Waals surface area contributed by atoms with Gasteiger partial charge in [-0.2, -0.15) is 0 Å². The highest BCUT2D eigenvalue weighted by molar-refractivity contribution is 7.92. The van der Waals surface area contributed by atoms with Gasteiger partial charge in [0.05, 0.1) is 17.2 Å². The van der Waals surface area contributed by atoms with Crippen molar-refractivity contribution in [3.05, 3.63) is 53.9 Å². The number of benzene rings is 1. The number of anilines is 1. The second kappa shape index (κ2) is 5.38. The number of aromatic nitrogens is 1. The van der Waals surface area contributed by atoms with Crippen molar-refractivity contribution < 1.29 is 13.5 Å². The molecule has 2 aromatic rings. The SMILES string of the molecule is Cc1ccc(S(=O)(=O)Nc2ccncc2)cc1CO. The highest BCUT2D eigenvalue weighted by Gasteiger charge is 2.15. The van der Waals surface area contributed by atoms with Gasteiger partial charge in [0.1, 0.15) is 0 Å². The number of pyridine rings is 1. The minimum atomic E-state index is -3.65. The van der Waals surface area contributed by atoms with E-state index in [1.807, 2.05) is 6.92 Å². The first-order valence-electron chi connectivity index (χ1n) is 5.66. The first-order valence-corrected chi connectivity index (χ1v) is 7.14. The Labute approximate surface area is 112 Å². The molecule has 19 heavy (non-hydrogen) atoms. The molecule has 1 aromatic heterocycles. The summed E-state index contributed by atoms with van der Waals surface area (Å²) in [4.78, 5) is 3.94. The van der Waals surface area contributed by atoms with Crippen LogP contribution in [0.2, 0.25) is 0 Å². The fraction of sp³-hybridized carbons (Fsp3) is 0.154. The molecule has 2 N–H and O–H groups in total. The maximum Gasteiger partial charge on any atom is 0.261 e. The van der Waals surface area contributed by atoms with Crippen LogP contribution in [0.25, 0.3) is 0 Å². The molecule has 2 rings (SSSR count). The molecule has 1 heterocycles. The minimum absolute atomic E-state index is 0.124. The average molecular weight is 278 g/mol. The van der Waals surface area contributed by atoms with Crippen LogP contribution in [0, 0.1) is 6.92 Å². The predicted molar refractivity (Wildman–Crippen MR) is 72.1 cm³/mol. The van der Waals surface area contributed by atoms with E-state index in [4.69, 9.17) is 0 Å². The van der Waals surface area contributed by atoms with Gasteiger partial charge in [-0.3, -0.25) is 9.71 Å². The number of sulfonamides is 1. The lowest BCUT2D eigenvalue weighted by Crippen LogP contribution is -2.13. The number of aryl methyl sites for hydroxylation is 1. The Morgan fingerprint density at radius 2 is 1.89 bits per heavy atom. The Kier molecular flexibility index (Phi) is 3.82. The summed E-state index contributed by atoms with van der Waals surface area (Å²) in [7, 11) is -3.65. The van der Waals surface area contributed by atoms with Crippen molar-refractivity contribution in [2.45, 2.75) is 18.4 Å². The third kappa shape index (κ3) is 3.10. The molecular weight excluding hydrogens is 264 g/mol. The molecular formula is C13H14N2O3S. The molecule has 0 saturated carbocycles. The third-order valence-electron chi connectivity index (χ3n) is 2.73. The van der Waals surface area contributed by atoms with Crippen LogP contribution in [0.3, 0.4) is 0 Å². The van der Waals surface area contributed by atoms with Crippen molar-refractivity contribution in [1.29, 1.82) is 0 Å². The first kappa shape index (κ1) is 13.5. The summed E-state index contributed by atoms with van der Waals surface area (Å²) < 4.78 is 26.8. The third-order valence-corrected chi connectivity index (χ3v) is 4.11. The van der Waals surface area contributed by atoms with Crippen LogP contribution < -0.4 is 4.72 Å². The molecule has 0 saturated heterocycles. The minimum Gasteiger partial charge on any atom is -0.392 e. The Bertz CT molecular complexity index is 670. The lowest BCUT2D eigenvalue weighted by molar-refractivity contribution is 0.281. The molecule has 0 aliphatic heterocycles. The summed E-state index contributed by atoms with van der Waals surface area (Å²) in [6.07, 6.45) is 3.01. The van der Waals surface area contributed by atoms with Crippen LogP contribution in [0.5, 0.6) is 0 Å². The van der Waals surface area contributed by atoms with Crippen LogP contribution in [-0.4, -0.2) is 18.5 Å². The zero-order chi connectivity index (χ0) is 13.9. The molecule has 0 aliphatic rings. The van der Waals surface area contributed by atoms with Crippen molar-refractivity contribution in [3.63, 3.8) is 0 Å². The monoisotopic (exact) mass is 278 g/mol. The number of aliphatic hydroxyl groups excluding tert-OH is 1. The number of nitrogens with zero attached hydrogens (tertiary/aromatic N) is 1. The van der Waals surface area contributed by atoms with Crippen LogP contribution in [0.4, 0.5) is 5.69 Å². The molecule has 0 fully saturated rings. The van der Waals surface area contributed by atoms with E-state index in [0.29, 0.717) is 11.3 Å². The van der Waals surface area contributed by atoms with Gasteiger partial charge in [-0.25, -0.2) is 8.42 Å². The van der Waals surface area contributed by atoms with Crippen LogP contribution in [0.1, 0.15) is 11.1 Å². The Hall–Kier alpha value is -1.92. The molecule has 5 nitrogen and oxygen atoms in total. The molecule has 0 radical (unpaired) electrons. The lowest BCUT2D eigenvalue weighted by atomic mass is 10.1. The number of hydrogen-bond donors (Lipinski definition) is 2. The fourth-order valence-electron chi connectivity index (χ4n) is 1.62. The zero-order valence-corrected chi connectivity index (χ0v) is 11.2. The summed E-state index contributed by atoms with van der Waals surface area (Å²) in [6, 6.07) is 7.79. The van der Waals surface area contributed by atoms with Gasteiger partial charge < -0.3 is 5.11 Å². The van der Waals surface area contributed by atoms with Gasteiger partial charge in [0.25, 0.3) is 10.0 Å². The van der Waals surface area contributed by atoms with E-state index in [2.05, 4.69) is 9.71 Å². The summed E-state index contributed by atoms with van der Waals surface area (Å²) in [5.41, 5.74) is 1.89. The van der Waals surface area contributed by atoms with Crippen LogP contribution >= 0.6 is 0 Å². The molecule has 100 valence electrons. The summed E-state index contributed by atoms with van der Waals surface area (Å²) >= 11 is 0. The standard InChI is InChI=1S/C13H14N2O3S/c1-10-2-3-13(8-11(10)9-16)19(17,18)15-12-4-6-14-7-5-12/h2-8,16H,9H2,1H3,(H,14,15). The van der Waals surface area contributed by atoms with Gasteiger partial charge in [-0.05, 0) is 42.3 Å². The van der Waals surface area contributed by atoms with Gasteiger partial charge in [0.2, 0.25) is 0 Å². The van der Waals surface area contributed by atoms with Gasteiger partial charge in [0, 0.05) is 12.4 Å². The number of aliphatic hydroxyl groups is 1. The van der Waals surface area contributed by atoms with E-state index < -0.39 is 10.0 Å². The molecule has 0 amide bonds. The van der Waals surface area contributed by atoms with E-state index in [0.717, 1.165) is 5.56 Å². The number of rotatable bonds is 4. The zero-order valence-electron chi connectivity index (χ0n) is 10.4. The van der Waals surface area contributed by atoms with Crippen molar-refractivity contribution in [3.8, 4) is 0 Å². The highest BCUT2D eigenvalue weighted by atomic mass is 32.2. The van der Waals surface area contributed by atoms with E-state index in [1.165, 1.54) is 24.5 Å². The smallest absolute Gasteiger partial charge is 0.261 e. The molecule has 0 bridgehead atoms. The van der Waals surface area contributed by atoms with Gasteiger partial charge in [0.15, 0.2) is 0 Å². The summed E-state index contributed by atoms with van der Waals surface area (Å²) in [5.74, 6) is 0. The molecule has 0 atom stereocenters. The Morgan fingerprint density at radius 1 is 1.21 bits per heavy atom. The molecule has 6 heteroatoms. The van der Waals surface area contributed by atoms with E-state index >= 15 is 0 Å². The maximum absolute atomic E-state index is 12.2. The normalized spacial score (nSPS) is 11.3. The largest absolute Gasteiger partial charge is 0.392 e. The van der Waals surface area contributed by atoms with Gasteiger partial charge in [-0.15, -0.1) is 0 Å². The molecule has 0 aliphatic carbocycles. The van der Waals surface area contributed by atoms with E-state index in [9.17, 15) is 13.5 Å². The summed E-state index contributed by atoms with van der Waals surface area (Å²) in [6.45, 7) is 1.63. The Balaban J connectivity index is 2.35. The maximum atomic E-state index is 12.2. The highest BCUT2D eigenvalue weighted by Crippen LogP contribution is 2.18.